The fraction of sp³-hybridized carbons (Fsp3) is 0.618. The average Bonchev–Trinajstić information content (AvgIpc) is 3.43. The number of likely N-dealkylation sites (tertiary alicyclic amines) is 1. The Morgan fingerprint density at radius 1 is 1.14 bits per heavy atom. The minimum Gasteiger partial charge on any atom is -0.394 e. The summed E-state index contributed by atoms with van der Waals surface area (Å²) in [5, 5.41) is 10.5. The van der Waals surface area contributed by atoms with E-state index in [9.17, 15) is 19.5 Å². The van der Waals surface area contributed by atoms with Gasteiger partial charge in [0.15, 0.2) is 0 Å². The Labute approximate surface area is 251 Å². The Kier molecular flexibility index (Phi) is 8.83. The van der Waals surface area contributed by atoms with Crippen molar-refractivity contribution in [3.8, 4) is 0 Å². The van der Waals surface area contributed by atoms with Crippen LogP contribution in [0.25, 0.3) is 0 Å². The molecule has 1 spiro atoms. The molecule has 0 aliphatic carbocycles. The van der Waals surface area contributed by atoms with Gasteiger partial charge in [0, 0.05) is 25.2 Å². The molecule has 42 heavy (non-hydrogen) atoms. The summed E-state index contributed by atoms with van der Waals surface area (Å²) in [4.78, 5) is 49.0. The summed E-state index contributed by atoms with van der Waals surface area (Å²) in [6.45, 7) is 22.2. The third-order valence-electron chi connectivity index (χ3n) is 9.83. The summed E-state index contributed by atoms with van der Waals surface area (Å²) in [5.74, 6) is -2.54. The van der Waals surface area contributed by atoms with E-state index in [1.807, 2.05) is 78.8 Å². The Bertz CT molecular complexity index is 1210. The molecular formula is C34H49N3O5. The van der Waals surface area contributed by atoms with Gasteiger partial charge in [-0.1, -0.05) is 63.3 Å². The molecule has 0 saturated carbocycles. The van der Waals surface area contributed by atoms with Crippen molar-refractivity contribution < 1.29 is 24.2 Å². The summed E-state index contributed by atoms with van der Waals surface area (Å²) in [6, 6.07) is 8.17. The molecule has 8 nitrogen and oxygen atoms in total. The number of benzene rings is 1. The molecule has 3 amide bonds. The second kappa shape index (κ2) is 11.6. The van der Waals surface area contributed by atoms with Gasteiger partial charge in [0.25, 0.3) is 0 Å². The molecular weight excluding hydrogens is 530 g/mol. The first-order chi connectivity index (χ1) is 19.7. The van der Waals surface area contributed by atoms with Crippen LogP contribution in [0.15, 0.2) is 55.6 Å². The fourth-order valence-corrected chi connectivity index (χ4v) is 7.67. The molecule has 230 valence electrons. The highest BCUT2D eigenvalue weighted by atomic mass is 16.5. The van der Waals surface area contributed by atoms with Crippen molar-refractivity contribution in [2.45, 2.75) is 90.3 Å². The summed E-state index contributed by atoms with van der Waals surface area (Å²) in [6.07, 6.45) is 3.85. The number of fused-ring (bicyclic) bond motifs is 1. The van der Waals surface area contributed by atoms with E-state index in [4.69, 9.17) is 4.74 Å². The lowest BCUT2D eigenvalue weighted by atomic mass is 9.62. The Balaban J connectivity index is 1.86. The lowest BCUT2D eigenvalue weighted by Gasteiger charge is -2.44. The first kappa shape index (κ1) is 32.0. The van der Waals surface area contributed by atoms with Gasteiger partial charge >= 0.3 is 0 Å². The number of hydrogen-bond acceptors (Lipinski definition) is 5. The van der Waals surface area contributed by atoms with Crippen molar-refractivity contribution >= 4 is 17.7 Å². The highest BCUT2D eigenvalue weighted by Crippen LogP contribution is 2.66. The number of rotatable bonds is 11. The standard InChI is InChI=1S/C34H49N3O5/c1-10-17-35(20-24-15-13-12-14-16-24)29(39)26-27-30(40)37(25(21-38)22(3)4)28(31(41)36(18-11-2)32(6,7)8)34(27)19-23(5)33(26,9)42-34/h10-16,22-23,25-28,38H,1-2,17-21H2,3-9H3/t23?,25-,26-,27-,28?,33+,34?/m0/s1. The number of aliphatic hydroxyl groups is 1. The molecule has 4 rings (SSSR count). The van der Waals surface area contributed by atoms with Crippen LogP contribution in [0.4, 0.5) is 0 Å². The highest BCUT2D eigenvalue weighted by molar-refractivity contribution is 5.99. The largest absolute Gasteiger partial charge is 0.394 e. The predicted octanol–water partition coefficient (Wildman–Crippen LogP) is 4.04. The lowest BCUT2D eigenvalue weighted by Crippen LogP contribution is -2.62. The number of hydrogen-bond donors (Lipinski definition) is 1. The number of ether oxygens (including phenoxy) is 1. The number of amides is 3. The minimum absolute atomic E-state index is 0.0813. The molecule has 0 radical (unpaired) electrons. The van der Waals surface area contributed by atoms with Crippen molar-refractivity contribution in [3.63, 3.8) is 0 Å². The molecule has 3 aliphatic heterocycles. The zero-order valence-corrected chi connectivity index (χ0v) is 26.4. The lowest BCUT2D eigenvalue weighted by molar-refractivity contribution is -0.161. The molecule has 0 aromatic heterocycles. The third-order valence-corrected chi connectivity index (χ3v) is 9.83. The summed E-state index contributed by atoms with van der Waals surface area (Å²) < 4.78 is 6.95. The van der Waals surface area contributed by atoms with Gasteiger partial charge in [0.2, 0.25) is 17.7 Å². The summed E-state index contributed by atoms with van der Waals surface area (Å²) in [7, 11) is 0. The zero-order valence-electron chi connectivity index (χ0n) is 26.4. The topological polar surface area (TPSA) is 90.4 Å². The van der Waals surface area contributed by atoms with E-state index >= 15 is 0 Å². The Morgan fingerprint density at radius 2 is 1.76 bits per heavy atom. The molecule has 3 saturated heterocycles. The van der Waals surface area contributed by atoms with Crippen LogP contribution in [0.5, 0.6) is 0 Å². The van der Waals surface area contributed by atoms with Gasteiger partial charge in [-0.15, -0.1) is 13.2 Å². The van der Waals surface area contributed by atoms with Crippen molar-refractivity contribution in [3.05, 3.63) is 61.2 Å². The first-order valence-electron chi connectivity index (χ1n) is 15.2. The monoisotopic (exact) mass is 579 g/mol. The molecule has 3 unspecified atom stereocenters. The van der Waals surface area contributed by atoms with E-state index in [2.05, 4.69) is 13.2 Å². The van der Waals surface area contributed by atoms with Crippen LogP contribution in [0.3, 0.4) is 0 Å². The smallest absolute Gasteiger partial charge is 0.249 e. The predicted molar refractivity (Wildman–Crippen MR) is 163 cm³/mol. The molecule has 8 heteroatoms. The van der Waals surface area contributed by atoms with Crippen LogP contribution < -0.4 is 0 Å². The molecule has 3 aliphatic rings. The van der Waals surface area contributed by atoms with Gasteiger partial charge in [-0.25, -0.2) is 0 Å². The SMILES string of the molecule is C=CCN(Cc1ccccc1)C(=O)[C@@H]1[C@H]2C(=O)N([C@@H](CO)C(C)C)C(C(=O)N(CC=C)C(C)(C)C)C23CC(C)[C@@]1(C)O3. The van der Waals surface area contributed by atoms with Gasteiger partial charge in [0.05, 0.1) is 30.1 Å². The third kappa shape index (κ3) is 5.00. The van der Waals surface area contributed by atoms with Crippen molar-refractivity contribution in [1.29, 1.82) is 0 Å². The van der Waals surface area contributed by atoms with E-state index in [1.165, 1.54) is 0 Å². The molecule has 1 aromatic rings. The van der Waals surface area contributed by atoms with Crippen LogP contribution >= 0.6 is 0 Å². The zero-order chi connectivity index (χ0) is 31.2. The number of nitrogens with zero attached hydrogens (tertiary/aromatic N) is 3. The van der Waals surface area contributed by atoms with Crippen LogP contribution in [0.2, 0.25) is 0 Å². The number of carbonyl (C=O) groups excluding carboxylic acids is 3. The fourth-order valence-electron chi connectivity index (χ4n) is 7.67. The van der Waals surface area contributed by atoms with E-state index in [-0.39, 0.29) is 36.2 Å². The first-order valence-corrected chi connectivity index (χ1v) is 15.2. The molecule has 3 heterocycles. The van der Waals surface area contributed by atoms with E-state index < -0.39 is 40.7 Å². The normalized spacial score (nSPS) is 30.8. The maximum atomic E-state index is 14.7. The van der Waals surface area contributed by atoms with E-state index in [0.29, 0.717) is 26.1 Å². The maximum Gasteiger partial charge on any atom is 0.249 e. The number of carbonyl (C=O) groups is 3. The minimum atomic E-state index is -1.19. The highest BCUT2D eigenvalue weighted by Gasteiger charge is 2.80. The average molecular weight is 580 g/mol. The van der Waals surface area contributed by atoms with Crippen molar-refractivity contribution in [2.75, 3.05) is 19.7 Å². The Hall–Kier alpha value is -2.97. The van der Waals surface area contributed by atoms with Crippen LogP contribution in [0, 0.1) is 23.7 Å². The second-order valence-corrected chi connectivity index (χ2v) is 13.8. The van der Waals surface area contributed by atoms with E-state index in [1.54, 1.807) is 26.9 Å². The van der Waals surface area contributed by atoms with Gasteiger partial charge in [-0.05, 0) is 51.5 Å². The van der Waals surface area contributed by atoms with Gasteiger partial charge in [-0.3, -0.25) is 14.4 Å². The van der Waals surface area contributed by atoms with Crippen molar-refractivity contribution in [2.24, 2.45) is 23.7 Å². The quantitative estimate of drug-likeness (QED) is 0.400. The molecule has 7 atom stereocenters. The number of aliphatic hydroxyl groups excluding tert-OH is 1. The maximum absolute atomic E-state index is 14.7. The van der Waals surface area contributed by atoms with Crippen molar-refractivity contribution in [1.82, 2.24) is 14.7 Å². The molecule has 1 N–H and O–H groups in total. The second-order valence-electron chi connectivity index (χ2n) is 13.8. The molecule has 2 bridgehead atoms. The van der Waals surface area contributed by atoms with Gasteiger partial charge in [0.1, 0.15) is 11.6 Å². The van der Waals surface area contributed by atoms with Crippen LogP contribution in [-0.4, -0.2) is 86.0 Å². The molecule has 1 aromatic carbocycles. The summed E-state index contributed by atoms with van der Waals surface area (Å²) in [5.41, 5.74) is -1.71. The van der Waals surface area contributed by atoms with Crippen LogP contribution in [0.1, 0.15) is 60.5 Å². The molecule has 3 fully saturated rings. The Morgan fingerprint density at radius 3 is 2.29 bits per heavy atom. The van der Waals surface area contributed by atoms with Crippen LogP contribution in [-0.2, 0) is 25.7 Å². The summed E-state index contributed by atoms with van der Waals surface area (Å²) >= 11 is 0. The van der Waals surface area contributed by atoms with E-state index in [0.717, 1.165) is 5.56 Å². The van der Waals surface area contributed by atoms with Gasteiger partial charge in [-0.2, -0.15) is 0 Å². The van der Waals surface area contributed by atoms with Gasteiger partial charge < -0.3 is 24.5 Å².